The number of benzene rings is 1. The molecule has 6 nitrogen and oxygen atoms in total. The zero-order valence-electron chi connectivity index (χ0n) is 13.6. The molecule has 4 aromatic rings. The van der Waals surface area contributed by atoms with Crippen LogP contribution < -0.4 is 4.74 Å². The lowest BCUT2D eigenvalue weighted by molar-refractivity contribution is 0.414. The van der Waals surface area contributed by atoms with Crippen molar-refractivity contribution >= 4 is 21.8 Å². The van der Waals surface area contributed by atoms with Crippen LogP contribution in [0.3, 0.4) is 0 Å². The molecule has 0 aliphatic heterocycles. The van der Waals surface area contributed by atoms with Gasteiger partial charge in [0.1, 0.15) is 5.75 Å². The van der Waals surface area contributed by atoms with E-state index in [4.69, 9.17) is 4.74 Å². The minimum absolute atomic E-state index is 0.0118. The van der Waals surface area contributed by atoms with Crippen LogP contribution in [0.1, 0.15) is 5.56 Å². The van der Waals surface area contributed by atoms with Crippen molar-refractivity contribution in [3.8, 4) is 22.9 Å². The maximum absolute atomic E-state index is 9.49. The Hall–Kier alpha value is -3.15. The van der Waals surface area contributed by atoms with E-state index in [-0.39, 0.29) is 5.88 Å². The van der Waals surface area contributed by atoms with Gasteiger partial charge >= 0.3 is 0 Å². The molecule has 0 bridgehead atoms. The van der Waals surface area contributed by atoms with Crippen molar-refractivity contribution in [2.45, 2.75) is 6.92 Å². The first-order valence-corrected chi connectivity index (χ1v) is 7.54. The van der Waals surface area contributed by atoms with E-state index in [1.807, 2.05) is 38.4 Å². The Balaban J connectivity index is 1.99. The molecule has 0 fully saturated rings. The summed E-state index contributed by atoms with van der Waals surface area (Å²) in [6, 6.07) is 7.38. The van der Waals surface area contributed by atoms with Gasteiger partial charge in [-0.15, -0.1) is 0 Å². The van der Waals surface area contributed by atoms with Gasteiger partial charge in [-0.25, -0.2) is 4.98 Å². The minimum atomic E-state index is -0.0118. The van der Waals surface area contributed by atoms with Crippen LogP contribution in [-0.4, -0.2) is 32.0 Å². The third-order valence-electron chi connectivity index (χ3n) is 4.14. The van der Waals surface area contributed by atoms with Crippen molar-refractivity contribution in [1.82, 2.24) is 19.7 Å². The molecule has 3 aromatic heterocycles. The molecule has 3 heterocycles. The van der Waals surface area contributed by atoms with Gasteiger partial charge in [-0.3, -0.25) is 9.67 Å². The summed E-state index contributed by atoms with van der Waals surface area (Å²) in [5, 5.41) is 15.9. The summed E-state index contributed by atoms with van der Waals surface area (Å²) in [6.07, 6.45) is 3.64. The fourth-order valence-electron chi connectivity index (χ4n) is 3.05. The molecule has 6 heteroatoms. The first-order chi connectivity index (χ1) is 11.6. The van der Waals surface area contributed by atoms with E-state index in [1.165, 1.54) is 0 Å². The lowest BCUT2D eigenvalue weighted by Gasteiger charge is -2.12. The van der Waals surface area contributed by atoms with E-state index in [0.29, 0.717) is 5.52 Å². The molecule has 0 atom stereocenters. The average molecular weight is 320 g/mol. The number of hydrogen-bond acceptors (Lipinski definition) is 5. The summed E-state index contributed by atoms with van der Waals surface area (Å²) < 4.78 is 7.43. The van der Waals surface area contributed by atoms with Crippen molar-refractivity contribution < 1.29 is 9.84 Å². The van der Waals surface area contributed by atoms with E-state index < -0.39 is 0 Å². The Bertz CT molecular complexity index is 1090. The molecule has 1 aromatic carbocycles. The number of aromatic hydroxyl groups is 1. The number of rotatable bonds is 2. The van der Waals surface area contributed by atoms with Crippen molar-refractivity contribution in [2.75, 3.05) is 7.11 Å². The molecular formula is C18H16N4O2. The molecule has 0 aliphatic carbocycles. The molecule has 0 aliphatic rings. The van der Waals surface area contributed by atoms with E-state index >= 15 is 0 Å². The first kappa shape index (κ1) is 14.4. The van der Waals surface area contributed by atoms with E-state index in [1.54, 1.807) is 24.1 Å². The molecule has 24 heavy (non-hydrogen) atoms. The topological polar surface area (TPSA) is 73.1 Å². The molecule has 0 spiro atoms. The van der Waals surface area contributed by atoms with Crippen LogP contribution in [0.25, 0.3) is 33.1 Å². The highest BCUT2D eigenvalue weighted by atomic mass is 16.5. The van der Waals surface area contributed by atoms with Crippen LogP contribution >= 0.6 is 0 Å². The van der Waals surface area contributed by atoms with Gasteiger partial charge in [-0.2, -0.15) is 5.10 Å². The van der Waals surface area contributed by atoms with Gasteiger partial charge in [0.05, 0.1) is 30.0 Å². The second-order valence-electron chi connectivity index (χ2n) is 5.75. The van der Waals surface area contributed by atoms with Gasteiger partial charge in [-0.1, -0.05) is 0 Å². The Kier molecular flexibility index (Phi) is 3.13. The predicted octanol–water partition coefficient (Wildman–Crippen LogP) is 3.21. The van der Waals surface area contributed by atoms with Gasteiger partial charge in [-0.05, 0) is 25.1 Å². The summed E-state index contributed by atoms with van der Waals surface area (Å²) in [4.78, 5) is 8.57. The van der Waals surface area contributed by atoms with Crippen molar-refractivity contribution in [1.29, 1.82) is 0 Å². The second kappa shape index (κ2) is 5.19. The second-order valence-corrected chi connectivity index (χ2v) is 5.75. The maximum atomic E-state index is 9.49. The molecule has 0 unspecified atom stereocenters. The number of aromatic nitrogens is 4. The molecule has 0 radical (unpaired) electrons. The SMILES string of the molecule is COc1c(-c2cc3ccc(O)nc3cn2)cc2cn(C)nc2c1C. The normalized spacial score (nSPS) is 11.3. The van der Waals surface area contributed by atoms with Crippen molar-refractivity contribution in [3.63, 3.8) is 0 Å². The van der Waals surface area contributed by atoms with E-state index in [2.05, 4.69) is 15.1 Å². The largest absolute Gasteiger partial charge is 0.496 e. The third kappa shape index (κ3) is 2.15. The summed E-state index contributed by atoms with van der Waals surface area (Å²) in [6.45, 7) is 2.00. The van der Waals surface area contributed by atoms with Gasteiger partial charge in [0.15, 0.2) is 0 Å². The summed E-state index contributed by atoms with van der Waals surface area (Å²) in [5.41, 5.74) is 4.25. The molecule has 4 rings (SSSR count). The van der Waals surface area contributed by atoms with Crippen LogP contribution in [-0.2, 0) is 7.05 Å². The van der Waals surface area contributed by atoms with Crippen molar-refractivity contribution in [3.05, 3.63) is 42.2 Å². The number of aryl methyl sites for hydroxylation is 2. The molecule has 120 valence electrons. The summed E-state index contributed by atoms with van der Waals surface area (Å²) in [7, 11) is 3.55. The van der Waals surface area contributed by atoms with Gasteiger partial charge in [0.25, 0.3) is 0 Å². The fraction of sp³-hybridized carbons (Fsp3) is 0.167. The van der Waals surface area contributed by atoms with Crippen LogP contribution in [0.2, 0.25) is 0 Å². The lowest BCUT2D eigenvalue weighted by atomic mass is 10.0. The monoisotopic (exact) mass is 320 g/mol. The standard InChI is InChI=1S/C18H16N4O2/c1-10-17-12(9-22(2)21-17)6-13(18(10)24-3)14-7-11-4-5-16(23)20-15(11)8-19-14/h4-9H,1-3H3,(H,20,23). The van der Waals surface area contributed by atoms with Crippen LogP contribution in [0.5, 0.6) is 11.6 Å². The third-order valence-corrected chi connectivity index (χ3v) is 4.14. The zero-order valence-corrected chi connectivity index (χ0v) is 13.6. The van der Waals surface area contributed by atoms with Crippen LogP contribution in [0, 0.1) is 6.92 Å². The molecule has 1 N–H and O–H groups in total. The van der Waals surface area contributed by atoms with Gasteiger partial charge in [0, 0.05) is 41.2 Å². The Labute approximate surface area is 138 Å². The Morgan fingerprint density at radius 1 is 1.17 bits per heavy atom. The number of hydrogen-bond donors (Lipinski definition) is 1. The van der Waals surface area contributed by atoms with Gasteiger partial charge < -0.3 is 9.84 Å². The molecular weight excluding hydrogens is 304 g/mol. The number of ether oxygens (including phenoxy) is 1. The van der Waals surface area contributed by atoms with Crippen molar-refractivity contribution in [2.24, 2.45) is 7.05 Å². The zero-order chi connectivity index (χ0) is 16.8. The maximum Gasteiger partial charge on any atom is 0.211 e. The fourth-order valence-corrected chi connectivity index (χ4v) is 3.05. The van der Waals surface area contributed by atoms with Crippen LogP contribution in [0.15, 0.2) is 36.7 Å². The summed E-state index contributed by atoms with van der Waals surface area (Å²) >= 11 is 0. The highest BCUT2D eigenvalue weighted by molar-refractivity contribution is 5.92. The minimum Gasteiger partial charge on any atom is -0.496 e. The number of fused-ring (bicyclic) bond motifs is 2. The Morgan fingerprint density at radius 2 is 2.00 bits per heavy atom. The number of nitrogens with zero attached hydrogens (tertiary/aromatic N) is 4. The lowest BCUT2D eigenvalue weighted by Crippen LogP contribution is -1.95. The molecule has 0 saturated heterocycles. The molecule has 0 saturated carbocycles. The number of pyridine rings is 2. The summed E-state index contributed by atoms with van der Waals surface area (Å²) in [5.74, 6) is 0.752. The highest BCUT2D eigenvalue weighted by Crippen LogP contribution is 2.37. The average Bonchev–Trinajstić information content (AvgIpc) is 2.95. The Morgan fingerprint density at radius 3 is 2.79 bits per heavy atom. The van der Waals surface area contributed by atoms with E-state index in [0.717, 1.165) is 38.9 Å². The first-order valence-electron chi connectivity index (χ1n) is 7.54. The molecule has 0 amide bonds. The number of methoxy groups -OCH3 is 1. The highest BCUT2D eigenvalue weighted by Gasteiger charge is 2.16. The van der Waals surface area contributed by atoms with E-state index in [9.17, 15) is 5.11 Å². The predicted molar refractivity (Wildman–Crippen MR) is 92.2 cm³/mol. The quantitative estimate of drug-likeness (QED) is 0.614. The van der Waals surface area contributed by atoms with Gasteiger partial charge in [0.2, 0.25) is 5.88 Å². The smallest absolute Gasteiger partial charge is 0.211 e. The van der Waals surface area contributed by atoms with Crippen LogP contribution in [0.4, 0.5) is 0 Å².